The second kappa shape index (κ2) is 25.1. The van der Waals surface area contributed by atoms with Gasteiger partial charge in [0.05, 0.1) is 0 Å². The van der Waals surface area contributed by atoms with E-state index in [1.54, 1.807) is 0 Å². The van der Waals surface area contributed by atoms with Gasteiger partial charge in [0.2, 0.25) is 0 Å². The normalized spacial score (nSPS) is 11.1. The van der Waals surface area contributed by atoms with E-state index in [1.165, 1.54) is 33.4 Å². The van der Waals surface area contributed by atoms with E-state index in [4.69, 9.17) is 0 Å². The first kappa shape index (κ1) is 52.8. The van der Waals surface area contributed by atoms with Gasteiger partial charge in [0.25, 0.3) is 0 Å². The third-order valence-electron chi connectivity index (χ3n) is 15.8. The predicted octanol–water partition coefficient (Wildman–Crippen LogP) is 18.8. The quantitative estimate of drug-likeness (QED) is 0.117. The molecule has 12 aromatic carbocycles. The molecule has 13 aromatic rings. The van der Waals surface area contributed by atoms with Gasteiger partial charge in [0, 0.05) is 105 Å². The van der Waals surface area contributed by atoms with Crippen LogP contribution < -0.4 is 0 Å². The van der Waals surface area contributed by atoms with Crippen molar-refractivity contribution >= 4 is 66.2 Å². The number of rotatable bonds is 12. The highest BCUT2D eigenvalue weighted by Gasteiger charge is 2.10. The molecule has 6 nitrogen and oxygen atoms in total. The van der Waals surface area contributed by atoms with Crippen LogP contribution in [0, 0.1) is 0 Å². The summed E-state index contributed by atoms with van der Waals surface area (Å²) in [6.07, 6.45) is 0. The molecule has 0 fully saturated rings. The maximum Gasteiger partial charge on any atom is 0.0481 e. The summed E-state index contributed by atoms with van der Waals surface area (Å²) in [5, 5.41) is 0. The van der Waals surface area contributed by atoms with E-state index in [2.05, 4.69) is 355 Å². The lowest BCUT2D eigenvalue weighted by molar-refractivity contribution is 0.839. The van der Waals surface area contributed by atoms with Crippen LogP contribution in [-0.2, 0) is 39.3 Å². The molecule has 0 aliphatic carbocycles. The predicted molar refractivity (Wildman–Crippen MR) is 352 cm³/mol. The first-order valence-corrected chi connectivity index (χ1v) is 29.1. The molecule has 12 bridgehead atoms. The van der Waals surface area contributed by atoms with Crippen LogP contribution in [0.25, 0.3) is 66.2 Å². The molecule has 0 spiro atoms. The van der Waals surface area contributed by atoms with Crippen molar-refractivity contribution in [3.63, 3.8) is 0 Å². The molecular weight excluding hydrogens is 1020 g/mol. The Labute approximate surface area is 491 Å². The number of hydrogen-bond acceptors (Lipinski definition) is 0. The van der Waals surface area contributed by atoms with Crippen molar-refractivity contribution in [2.75, 3.05) is 0 Å². The minimum absolute atomic E-state index is 0.667. The number of hydrogen-bond donors (Lipinski definition) is 0. The van der Waals surface area contributed by atoms with E-state index in [0.29, 0.717) is 39.3 Å². The SMILES string of the molecule is c1ccc(Cn2c3cccc(c3)n(Cc3ccccc3)c3cccc(c3)n(Cc3ccccc3)c3cccc(c3)n(Cc3ccccc3)c3cccc(c3)n(Cc3ccccc3)c3cccc(c3)n(Cc3ccccc3)c3cccc2c3)cc1. The van der Waals surface area contributed by atoms with E-state index in [9.17, 15) is 0 Å². The maximum absolute atomic E-state index is 2.47. The molecule has 408 valence electrons. The van der Waals surface area contributed by atoms with E-state index < -0.39 is 0 Å². The molecule has 84 heavy (non-hydrogen) atoms. The van der Waals surface area contributed by atoms with Crippen LogP contribution in [0.3, 0.4) is 0 Å². The van der Waals surface area contributed by atoms with Crippen LogP contribution >= 0.6 is 0 Å². The molecule has 0 atom stereocenters. The zero-order valence-corrected chi connectivity index (χ0v) is 47.1. The number of benzene rings is 12. The molecule has 0 radical (unpaired) electrons. The Bertz CT molecular complexity index is 3770. The molecule has 0 unspecified atom stereocenters. The highest BCUT2D eigenvalue weighted by atomic mass is 15.0. The van der Waals surface area contributed by atoms with Crippen molar-refractivity contribution in [1.82, 2.24) is 27.4 Å². The van der Waals surface area contributed by atoms with Gasteiger partial charge in [-0.2, -0.15) is 0 Å². The van der Waals surface area contributed by atoms with Gasteiger partial charge in [-0.15, -0.1) is 0 Å². The highest BCUT2D eigenvalue weighted by molar-refractivity contribution is 5.75. The lowest BCUT2D eigenvalue weighted by Crippen LogP contribution is -2.06. The summed E-state index contributed by atoms with van der Waals surface area (Å²) in [5.41, 5.74) is 20.4. The van der Waals surface area contributed by atoms with Gasteiger partial charge in [-0.1, -0.05) is 218 Å². The van der Waals surface area contributed by atoms with Crippen LogP contribution in [-0.4, -0.2) is 27.4 Å². The van der Waals surface area contributed by atoms with Crippen LogP contribution in [0.1, 0.15) is 33.4 Å². The second-order valence-corrected chi connectivity index (χ2v) is 21.5. The van der Waals surface area contributed by atoms with Crippen molar-refractivity contribution in [2.24, 2.45) is 0 Å². The highest BCUT2D eigenvalue weighted by Crippen LogP contribution is 2.25. The van der Waals surface area contributed by atoms with Crippen molar-refractivity contribution in [2.45, 2.75) is 39.3 Å². The standard InChI is InChI=1S/C78H66N6/c1-7-25-61(26-8-1)55-79-67-37-19-39-69(49-67)80(56-62-27-9-2-10-28-62)71-41-21-43-73(51-71)82(58-64-31-13-4-14-32-64)75-45-23-47-77(53-75)84(60-66-35-17-6-18-36-66)78-48-24-46-76(54-78)83(59-65-33-15-5-16-34-65)74-44-22-42-72(52-74)81(57-63-29-11-3-12-30-63)70-40-20-38-68(79)50-70/h1-54H,55-60H2. The van der Waals surface area contributed by atoms with Gasteiger partial charge in [0.15, 0.2) is 0 Å². The Morgan fingerprint density at radius 2 is 0.250 bits per heavy atom. The van der Waals surface area contributed by atoms with Gasteiger partial charge >= 0.3 is 0 Å². The summed E-state index contributed by atoms with van der Waals surface area (Å²) in [6.45, 7) is 4.00. The molecule has 1 heterocycles. The van der Waals surface area contributed by atoms with Crippen LogP contribution in [0.15, 0.2) is 328 Å². The third-order valence-corrected chi connectivity index (χ3v) is 15.8. The van der Waals surface area contributed by atoms with Crippen molar-refractivity contribution in [1.29, 1.82) is 0 Å². The largest absolute Gasteiger partial charge is 0.337 e. The fourth-order valence-electron chi connectivity index (χ4n) is 11.6. The maximum atomic E-state index is 2.47. The van der Waals surface area contributed by atoms with Gasteiger partial charge < -0.3 is 27.4 Å². The minimum Gasteiger partial charge on any atom is -0.337 e. The summed E-state index contributed by atoms with van der Waals surface area (Å²) >= 11 is 0. The molecule has 0 N–H and O–H groups in total. The fraction of sp³-hybridized carbons (Fsp3) is 0.0769. The second-order valence-electron chi connectivity index (χ2n) is 21.5. The number of aromatic nitrogens is 6. The summed E-state index contributed by atoms with van der Waals surface area (Å²) in [4.78, 5) is 0. The molecule has 0 amide bonds. The van der Waals surface area contributed by atoms with Crippen molar-refractivity contribution in [3.8, 4) is 0 Å². The average molecular weight is 1090 g/mol. The Kier molecular flexibility index (Phi) is 15.8. The van der Waals surface area contributed by atoms with Gasteiger partial charge in [-0.3, -0.25) is 0 Å². The Morgan fingerprint density at radius 1 is 0.131 bits per heavy atom. The van der Waals surface area contributed by atoms with Crippen LogP contribution in [0.2, 0.25) is 0 Å². The van der Waals surface area contributed by atoms with E-state index in [-0.39, 0.29) is 0 Å². The van der Waals surface area contributed by atoms with Gasteiger partial charge in [-0.25, -0.2) is 0 Å². The summed E-state index contributed by atoms with van der Waals surface area (Å²) in [7, 11) is 0. The Hall–Kier alpha value is -10.6. The van der Waals surface area contributed by atoms with E-state index in [1.807, 2.05) is 0 Å². The van der Waals surface area contributed by atoms with Crippen LogP contribution in [0.4, 0.5) is 0 Å². The topological polar surface area (TPSA) is 29.6 Å². The first-order valence-electron chi connectivity index (χ1n) is 29.1. The van der Waals surface area contributed by atoms with E-state index >= 15 is 0 Å². The van der Waals surface area contributed by atoms with Gasteiger partial charge in [-0.05, 0) is 143 Å². The zero-order valence-electron chi connectivity index (χ0n) is 47.1. The lowest BCUT2D eigenvalue weighted by Gasteiger charge is -2.17. The average Bonchev–Trinajstić information content (AvgIpc) is 3.75. The molecule has 0 saturated carbocycles. The first-order chi connectivity index (χ1) is 41.6. The smallest absolute Gasteiger partial charge is 0.0481 e. The molecule has 0 aliphatic rings. The summed E-state index contributed by atoms with van der Waals surface area (Å²) in [5.74, 6) is 0. The third kappa shape index (κ3) is 12.3. The monoisotopic (exact) mass is 1090 g/mol. The van der Waals surface area contributed by atoms with Crippen molar-refractivity contribution in [3.05, 3.63) is 361 Å². The van der Waals surface area contributed by atoms with Crippen LogP contribution in [0.5, 0.6) is 0 Å². The summed E-state index contributed by atoms with van der Waals surface area (Å²) < 4.78 is 14.8. The summed E-state index contributed by atoms with van der Waals surface area (Å²) in [6, 6.07) is 120. The fourth-order valence-corrected chi connectivity index (χ4v) is 11.6. The Balaban J connectivity index is 1.20. The lowest BCUT2D eigenvalue weighted by atomic mass is 10.1. The number of nitrogens with zero attached hydrogens (tertiary/aromatic N) is 6. The molecule has 13 rings (SSSR count). The van der Waals surface area contributed by atoms with Crippen molar-refractivity contribution < 1.29 is 0 Å². The molecule has 6 heteroatoms. The Morgan fingerprint density at radius 3 is 0.369 bits per heavy atom. The molecule has 1 aromatic heterocycles. The molecule has 0 saturated heterocycles. The van der Waals surface area contributed by atoms with E-state index in [0.717, 1.165) is 66.2 Å². The number of fused-ring (bicyclic) bond motifs is 12. The minimum atomic E-state index is 0.667. The molecular formula is C78H66N6. The molecule has 0 aliphatic heterocycles. The zero-order chi connectivity index (χ0) is 56.3. The van der Waals surface area contributed by atoms with Gasteiger partial charge in [0.1, 0.15) is 0 Å².